The van der Waals surface area contributed by atoms with E-state index in [4.69, 9.17) is 11.6 Å². The van der Waals surface area contributed by atoms with E-state index >= 15 is 0 Å². The van der Waals surface area contributed by atoms with Crippen molar-refractivity contribution in [3.8, 4) is 0 Å². The third-order valence-electron chi connectivity index (χ3n) is 1.93. The lowest BCUT2D eigenvalue weighted by atomic mass is 10.1. The van der Waals surface area contributed by atoms with Crippen LogP contribution in [0, 0.1) is 13.8 Å². The molecule has 0 fully saturated rings. The summed E-state index contributed by atoms with van der Waals surface area (Å²) in [6, 6.07) is 0. The smallest absolute Gasteiger partial charge is 0.173 e. The Labute approximate surface area is 87.7 Å². The molecule has 1 radical (unpaired) electrons. The summed E-state index contributed by atoms with van der Waals surface area (Å²) in [6.45, 7) is 5.77. The normalized spacial score (nSPS) is 10.4. The summed E-state index contributed by atoms with van der Waals surface area (Å²) in [5, 5.41) is 1.92. The molecule has 3 heteroatoms. The number of thiophene rings is 1. The van der Waals surface area contributed by atoms with Gasteiger partial charge in [-0.05, 0) is 36.8 Å². The zero-order valence-corrected chi connectivity index (χ0v) is 9.17. The molecule has 13 heavy (non-hydrogen) atoms. The molecule has 0 amide bonds. The maximum atomic E-state index is 11.6. The van der Waals surface area contributed by atoms with E-state index < -0.39 is 0 Å². The zero-order valence-electron chi connectivity index (χ0n) is 7.60. The van der Waals surface area contributed by atoms with Gasteiger partial charge >= 0.3 is 0 Å². The summed E-state index contributed by atoms with van der Waals surface area (Å²) < 4.78 is 0. The van der Waals surface area contributed by atoms with Crippen LogP contribution in [0.25, 0.3) is 0 Å². The topological polar surface area (TPSA) is 17.1 Å². The van der Waals surface area contributed by atoms with E-state index in [0.717, 1.165) is 22.4 Å². The lowest BCUT2D eigenvalue weighted by molar-refractivity contribution is 0.0985. The Hall–Kier alpha value is -0.340. The first kappa shape index (κ1) is 10.7. The maximum absolute atomic E-state index is 11.6. The van der Waals surface area contributed by atoms with E-state index in [0.29, 0.717) is 12.3 Å². The SMILES string of the molecule is [CH2]c1csc(C(=O)CCCCl)c1C. The Kier molecular flexibility index (Phi) is 3.94. The molecule has 1 nitrogen and oxygen atoms in total. The lowest BCUT2D eigenvalue weighted by Crippen LogP contribution is -1.98. The third-order valence-corrected chi connectivity index (χ3v) is 3.37. The number of hydrogen-bond donors (Lipinski definition) is 0. The highest BCUT2D eigenvalue weighted by Crippen LogP contribution is 2.22. The van der Waals surface area contributed by atoms with E-state index in [1.165, 1.54) is 11.3 Å². The van der Waals surface area contributed by atoms with Gasteiger partial charge < -0.3 is 0 Å². The van der Waals surface area contributed by atoms with Gasteiger partial charge in [-0.3, -0.25) is 4.79 Å². The predicted octanol–water partition coefficient (Wildman–Crippen LogP) is 3.44. The van der Waals surface area contributed by atoms with Crippen LogP contribution in [0.4, 0.5) is 0 Å². The Balaban J connectivity index is 2.71. The molecular formula is C10H12ClOS. The number of halogens is 1. The van der Waals surface area contributed by atoms with Crippen molar-refractivity contribution in [1.29, 1.82) is 0 Å². The van der Waals surface area contributed by atoms with Crippen molar-refractivity contribution in [2.75, 3.05) is 5.88 Å². The second-order valence-corrected chi connectivity index (χ2v) is 4.19. The quantitative estimate of drug-likeness (QED) is 0.556. The maximum Gasteiger partial charge on any atom is 0.173 e. The minimum atomic E-state index is 0.193. The molecule has 0 N–H and O–H groups in total. The molecule has 1 rings (SSSR count). The van der Waals surface area contributed by atoms with E-state index in [1.807, 2.05) is 12.3 Å². The fourth-order valence-corrected chi connectivity index (χ4v) is 2.18. The van der Waals surface area contributed by atoms with Crippen LogP contribution < -0.4 is 0 Å². The van der Waals surface area contributed by atoms with E-state index in [2.05, 4.69) is 6.92 Å². The third kappa shape index (κ3) is 2.55. The van der Waals surface area contributed by atoms with Gasteiger partial charge in [-0.1, -0.05) is 0 Å². The minimum Gasteiger partial charge on any atom is -0.293 e. The van der Waals surface area contributed by atoms with E-state index in [1.54, 1.807) is 0 Å². The lowest BCUT2D eigenvalue weighted by Gasteiger charge is -1.97. The molecule has 0 atom stereocenters. The molecule has 71 valence electrons. The molecule has 0 aliphatic heterocycles. The fourth-order valence-electron chi connectivity index (χ4n) is 1.07. The van der Waals surface area contributed by atoms with Crippen LogP contribution in [0.2, 0.25) is 0 Å². The second kappa shape index (κ2) is 4.77. The average Bonchev–Trinajstić information content (AvgIpc) is 2.44. The summed E-state index contributed by atoms with van der Waals surface area (Å²) in [4.78, 5) is 12.4. The molecule has 0 spiro atoms. The minimum absolute atomic E-state index is 0.193. The molecule has 0 aliphatic carbocycles. The molecule has 0 aliphatic rings. The van der Waals surface area contributed by atoms with Crippen molar-refractivity contribution >= 4 is 28.7 Å². The van der Waals surface area contributed by atoms with Crippen LogP contribution in [0.15, 0.2) is 5.38 Å². The average molecular weight is 216 g/mol. The van der Waals surface area contributed by atoms with Gasteiger partial charge in [0.05, 0.1) is 4.88 Å². The molecule has 0 saturated heterocycles. The van der Waals surface area contributed by atoms with Gasteiger partial charge in [-0.15, -0.1) is 22.9 Å². The zero-order chi connectivity index (χ0) is 9.84. The highest BCUT2D eigenvalue weighted by Gasteiger charge is 2.11. The molecule has 1 aromatic rings. The van der Waals surface area contributed by atoms with Gasteiger partial charge in [0.1, 0.15) is 0 Å². The van der Waals surface area contributed by atoms with Gasteiger partial charge in [0, 0.05) is 12.3 Å². The summed E-state index contributed by atoms with van der Waals surface area (Å²) >= 11 is 7.00. The van der Waals surface area contributed by atoms with E-state index in [-0.39, 0.29) is 5.78 Å². The molecule has 1 aromatic heterocycles. The van der Waals surface area contributed by atoms with Gasteiger partial charge in [-0.25, -0.2) is 0 Å². The highest BCUT2D eigenvalue weighted by molar-refractivity contribution is 7.12. The number of ketones is 1. The standard InChI is InChI=1S/C10H12ClOS/c1-7-6-13-10(8(7)2)9(12)4-3-5-11/h6H,1,3-5H2,2H3. The van der Waals surface area contributed by atoms with Crippen molar-refractivity contribution in [2.45, 2.75) is 19.8 Å². The number of carbonyl (C=O) groups is 1. The Morgan fingerprint density at radius 3 is 2.85 bits per heavy atom. The summed E-state index contributed by atoms with van der Waals surface area (Å²) in [7, 11) is 0. The van der Waals surface area contributed by atoms with Crippen molar-refractivity contribution in [3.63, 3.8) is 0 Å². The van der Waals surface area contributed by atoms with Gasteiger partial charge in [0.15, 0.2) is 5.78 Å². The van der Waals surface area contributed by atoms with E-state index in [9.17, 15) is 4.79 Å². The van der Waals surface area contributed by atoms with Crippen LogP contribution >= 0.6 is 22.9 Å². The molecular weight excluding hydrogens is 204 g/mol. The number of carbonyl (C=O) groups excluding carboxylic acids is 1. The molecule has 1 heterocycles. The van der Waals surface area contributed by atoms with Crippen molar-refractivity contribution < 1.29 is 4.79 Å². The van der Waals surface area contributed by atoms with Gasteiger partial charge in [0.2, 0.25) is 0 Å². The molecule has 0 bridgehead atoms. The van der Waals surface area contributed by atoms with Crippen LogP contribution in [-0.2, 0) is 0 Å². The van der Waals surface area contributed by atoms with Crippen LogP contribution in [0.3, 0.4) is 0 Å². The number of Topliss-reactive ketones (excluding diaryl/α,β-unsaturated/α-hetero) is 1. The first-order valence-electron chi connectivity index (χ1n) is 4.16. The number of rotatable bonds is 4. The number of hydrogen-bond acceptors (Lipinski definition) is 2. The molecule has 0 saturated carbocycles. The predicted molar refractivity (Wildman–Crippen MR) is 57.8 cm³/mol. The Morgan fingerprint density at radius 2 is 2.38 bits per heavy atom. The van der Waals surface area contributed by atoms with Crippen molar-refractivity contribution in [3.05, 3.63) is 28.3 Å². The summed E-state index contributed by atoms with van der Waals surface area (Å²) in [6.07, 6.45) is 1.30. The van der Waals surface area contributed by atoms with Gasteiger partial charge in [0.25, 0.3) is 0 Å². The van der Waals surface area contributed by atoms with Crippen molar-refractivity contribution in [2.24, 2.45) is 0 Å². The Morgan fingerprint density at radius 1 is 1.69 bits per heavy atom. The molecule has 0 unspecified atom stereocenters. The monoisotopic (exact) mass is 215 g/mol. The fraction of sp³-hybridized carbons (Fsp3) is 0.400. The second-order valence-electron chi connectivity index (χ2n) is 2.93. The summed E-state index contributed by atoms with van der Waals surface area (Å²) in [5.41, 5.74) is 1.98. The van der Waals surface area contributed by atoms with Gasteiger partial charge in [-0.2, -0.15) is 0 Å². The largest absolute Gasteiger partial charge is 0.293 e. The first-order valence-corrected chi connectivity index (χ1v) is 5.57. The van der Waals surface area contributed by atoms with Crippen LogP contribution in [0.1, 0.15) is 33.6 Å². The molecule has 0 aromatic carbocycles. The Bertz CT molecular complexity index is 304. The summed E-state index contributed by atoms with van der Waals surface area (Å²) in [5.74, 6) is 0.742. The van der Waals surface area contributed by atoms with Crippen LogP contribution in [-0.4, -0.2) is 11.7 Å². The first-order chi connectivity index (χ1) is 6.16. The number of alkyl halides is 1. The highest BCUT2D eigenvalue weighted by atomic mass is 35.5. The van der Waals surface area contributed by atoms with Crippen LogP contribution in [0.5, 0.6) is 0 Å². The van der Waals surface area contributed by atoms with Crippen molar-refractivity contribution in [1.82, 2.24) is 0 Å².